The zero-order valence-electron chi connectivity index (χ0n) is 13.7. The van der Waals surface area contributed by atoms with Crippen LogP contribution in [0.5, 0.6) is 0 Å². The minimum atomic E-state index is 0.0764. The van der Waals surface area contributed by atoms with Gasteiger partial charge in [-0.25, -0.2) is 0 Å². The van der Waals surface area contributed by atoms with Crippen molar-refractivity contribution in [3.05, 3.63) is 30.1 Å². The third-order valence-corrected chi connectivity index (χ3v) is 4.37. The third kappa shape index (κ3) is 5.46. The van der Waals surface area contributed by atoms with Gasteiger partial charge in [0.15, 0.2) is 0 Å². The van der Waals surface area contributed by atoms with E-state index in [1.165, 1.54) is 0 Å². The number of amides is 1. The summed E-state index contributed by atoms with van der Waals surface area (Å²) in [7, 11) is 1.88. The first-order valence-corrected chi connectivity index (χ1v) is 7.83. The number of hydrogen-bond donors (Lipinski definition) is 1. The number of nitrogens with two attached hydrogens (primary N) is 1. The lowest BCUT2D eigenvalue weighted by Crippen LogP contribution is -2.30. The first kappa shape index (κ1) is 17.6. The number of carbonyl (C=O) groups is 1. The molecule has 1 rings (SSSR count). The highest BCUT2D eigenvalue weighted by atomic mass is 16.2. The van der Waals surface area contributed by atoms with Crippen molar-refractivity contribution in [2.45, 2.75) is 46.1 Å². The molecule has 2 unspecified atom stereocenters. The van der Waals surface area contributed by atoms with E-state index < -0.39 is 0 Å². The first-order valence-electron chi connectivity index (χ1n) is 7.83. The molecule has 21 heavy (non-hydrogen) atoms. The van der Waals surface area contributed by atoms with Crippen LogP contribution in [0.1, 0.15) is 51.6 Å². The molecule has 1 aromatic rings. The lowest BCUT2D eigenvalue weighted by molar-refractivity contribution is -0.132. The Labute approximate surface area is 128 Å². The topological polar surface area (TPSA) is 59.2 Å². The average molecular weight is 291 g/mol. The van der Waals surface area contributed by atoms with E-state index in [1.807, 2.05) is 31.0 Å². The number of pyridine rings is 1. The van der Waals surface area contributed by atoms with E-state index in [-0.39, 0.29) is 11.9 Å². The fourth-order valence-electron chi connectivity index (χ4n) is 2.59. The van der Waals surface area contributed by atoms with Crippen LogP contribution in [-0.2, 0) is 4.79 Å². The van der Waals surface area contributed by atoms with Crippen molar-refractivity contribution in [2.75, 3.05) is 13.6 Å². The molecule has 0 aliphatic carbocycles. The molecule has 0 fully saturated rings. The SMILES string of the molecule is CC(C)C(CCN)CCC(=O)N(C)C(C)c1ccncc1. The summed E-state index contributed by atoms with van der Waals surface area (Å²) in [6.45, 7) is 7.15. The molecule has 0 aliphatic rings. The maximum Gasteiger partial charge on any atom is 0.222 e. The Hall–Kier alpha value is -1.42. The molecule has 0 radical (unpaired) electrons. The Morgan fingerprint density at radius 2 is 1.86 bits per heavy atom. The maximum absolute atomic E-state index is 12.4. The Balaban J connectivity index is 2.54. The van der Waals surface area contributed by atoms with Gasteiger partial charge < -0.3 is 10.6 Å². The summed E-state index contributed by atoms with van der Waals surface area (Å²) in [6, 6.07) is 3.99. The van der Waals surface area contributed by atoms with Crippen LogP contribution in [0, 0.1) is 11.8 Å². The minimum absolute atomic E-state index is 0.0764. The van der Waals surface area contributed by atoms with Gasteiger partial charge in [0.25, 0.3) is 0 Å². The summed E-state index contributed by atoms with van der Waals surface area (Å²) in [5.74, 6) is 1.30. The van der Waals surface area contributed by atoms with Gasteiger partial charge in [-0.1, -0.05) is 13.8 Å². The van der Waals surface area contributed by atoms with Crippen molar-refractivity contribution in [2.24, 2.45) is 17.6 Å². The molecule has 0 aromatic carbocycles. The van der Waals surface area contributed by atoms with Crippen molar-refractivity contribution in [3.8, 4) is 0 Å². The van der Waals surface area contributed by atoms with Gasteiger partial charge in [0, 0.05) is 25.9 Å². The highest BCUT2D eigenvalue weighted by Gasteiger charge is 2.20. The lowest BCUT2D eigenvalue weighted by Gasteiger charge is -2.27. The second-order valence-electron chi connectivity index (χ2n) is 6.08. The van der Waals surface area contributed by atoms with E-state index in [2.05, 4.69) is 18.8 Å². The van der Waals surface area contributed by atoms with Crippen LogP contribution in [0.4, 0.5) is 0 Å². The largest absolute Gasteiger partial charge is 0.339 e. The van der Waals surface area contributed by atoms with Gasteiger partial charge in [-0.2, -0.15) is 0 Å². The molecule has 1 heterocycles. The minimum Gasteiger partial charge on any atom is -0.339 e. The summed E-state index contributed by atoms with van der Waals surface area (Å²) in [5, 5.41) is 0. The predicted octanol–water partition coefficient (Wildman–Crippen LogP) is 3.00. The molecular formula is C17H29N3O. The van der Waals surface area contributed by atoms with Crippen molar-refractivity contribution < 1.29 is 4.79 Å². The van der Waals surface area contributed by atoms with Gasteiger partial charge in [-0.3, -0.25) is 9.78 Å². The summed E-state index contributed by atoms with van der Waals surface area (Å²) in [6.07, 6.45) is 6.03. The molecule has 1 aromatic heterocycles. The smallest absolute Gasteiger partial charge is 0.222 e. The van der Waals surface area contributed by atoms with Gasteiger partial charge in [0.05, 0.1) is 6.04 Å². The summed E-state index contributed by atoms with van der Waals surface area (Å²) in [4.78, 5) is 18.2. The second-order valence-corrected chi connectivity index (χ2v) is 6.08. The maximum atomic E-state index is 12.4. The van der Waals surface area contributed by atoms with Crippen molar-refractivity contribution in [3.63, 3.8) is 0 Å². The molecule has 0 saturated carbocycles. The summed E-state index contributed by atoms with van der Waals surface area (Å²) < 4.78 is 0. The van der Waals surface area contributed by atoms with Crippen LogP contribution in [0.15, 0.2) is 24.5 Å². The van der Waals surface area contributed by atoms with E-state index >= 15 is 0 Å². The van der Waals surface area contributed by atoms with E-state index in [0.29, 0.717) is 24.8 Å². The van der Waals surface area contributed by atoms with Crippen LogP contribution in [0.25, 0.3) is 0 Å². The van der Waals surface area contributed by atoms with Crippen molar-refractivity contribution >= 4 is 5.91 Å². The number of hydrogen-bond acceptors (Lipinski definition) is 3. The zero-order chi connectivity index (χ0) is 15.8. The zero-order valence-corrected chi connectivity index (χ0v) is 13.7. The van der Waals surface area contributed by atoms with E-state index in [1.54, 1.807) is 12.4 Å². The van der Waals surface area contributed by atoms with E-state index in [0.717, 1.165) is 18.4 Å². The Bertz CT molecular complexity index is 419. The number of carbonyl (C=O) groups excluding carboxylic acids is 1. The standard InChI is InChI=1S/C17H29N3O/c1-13(2)15(7-10-18)5-6-17(21)20(4)14(3)16-8-11-19-12-9-16/h8-9,11-15H,5-7,10,18H2,1-4H3. The summed E-state index contributed by atoms with van der Waals surface area (Å²) in [5.41, 5.74) is 6.77. The average Bonchev–Trinajstić information content (AvgIpc) is 2.50. The number of rotatable bonds is 8. The second kappa shape index (κ2) is 8.78. The van der Waals surface area contributed by atoms with Gasteiger partial charge in [-0.05, 0) is 55.8 Å². The predicted molar refractivity (Wildman–Crippen MR) is 86.7 cm³/mol. The molecule has 0 saturated heterocycles. The number of aromatic nitrogens is 1. The lowest BCUT2D eigenvalue weighted by atomic mass is 9.88. The van der Waals surface area contributed by atoms with Gasteiger partial charge >= 0.3 is 0 Å². The van der Waals surface area contributed by atoms with Crippen LogP contribution in [0.2, 0.25) is 0 Å². The van der Waals surface area contributed by atoms with E-state index in [4.69, 9.17) is 5.73 Å². The van der Waals surface area contributed by atoms with Crippen LogP contribution in [0.3, 0.4) is 0 Å². The molecule has 2 atom stereocenters. The highest BCUT2D eigenvalue weighted by Crippen LogP contribution is 2.23. The summed E-state index contributed by atoms with van der Waals surface area (Å²) >= 11 is 0. The molecule has 118 valence electrons. The van der Waals surface area contributed by atoms with Gasteiger partial charge in [-0.15, -0.1) is 0 Å². The van der Waals surface area contributed by atoms with Crippen molar-refractivity contribution in [1.29, 1.82) is 0 Å². The molecular weight excluding hydrogens is 262 g/mol. The fraction of sp³-hybridized carbons (Fsp3) is 0.647. The molecule has 1 amide bonds. The molecule has 0 bridgehead atoms. The fourth-order valence-corrected chi connectivity index (χ4v) is 2.59. The number of nitrogens with zero attached hydrogens (tertiary/aromatic N) is 2. The third-order valence-electron chi connectivity index (χ3n) is 4.37. The van der Waals surface area contributed by atoms with E-state index in [9.17, 15) is 4.79 Å². The van der Waals surface area contributed by atoms with Crippen LogP contribution >= 0.6 is 0 Å². The Morgan fingerprint density at radius 1 is 1.24 bits per heavy atom. The first-order chi connectivity index (χ1) is 9.97. The van der Waals surface area contributed by atoms with Crippen LogP contribution < -0.4 is 5.73 Å². The van der Waals surface area contributed by atoms with Crippen LogP contribution in [-0.4, -0.2) is 29.4 Å². The quantitative estimate of drug-likeness (QED) is 0.801. The molecule has 4 heteroatoms. The Morgan fingerprint density at radius 3 is 2.38 bits per heavy atom. The highest BCUT2D eigenvalue weighted by molar-refractivity contribution is 5.76. The molecule has 0 aliphatic heterocycles. The monoisotopic (exact) mass is 291 g/mol. The molecule has 0 spiro atoms. The van der Waals surface area contributed by atoms with Crippen molar-refractivity contribution in [1.82, 2.24) is 9.88 Å². The normalized spacial score (nSPS) is 14.0. The van der Waals surface area contributed by atoms with Gasteiger partial charge in [0.1, 0.15) is 0 Å². The molecule has 2 N–H and O–H groups in total. The Kier molecular flexibility index (Phi) is 7.37. The molecule has 4 nitrogen and oxygen atoms in total. The van der Waals surface area contributed by atoms with Gasteiger partial charge in [0.2, 0.25) is 5.91 Å².